The number of piperazine rings is 1. The number of nitrogens with zero attached hydrogens (tertiary/aromatic N) is 3. The maximum absolute atomic E-state index is 14.2. The zero-order valence-electron chi connectivity index (χ0n) is 40.7. The molecule has 1 fully saturated rings. The highest BCUT2D eigenvalue weighted by Crippen LogP contribution is 2.48. The zero-order chi connectivity index (χ0) is 50.7. The topological polar surface area (TPSA) is 206 Å². The van der Waals surface area contributed by atoms with E-state index in [4.69, 9.17) is 23.8 Å². The lowest BCUT2D eigenvalue weighted by molar-refractivity contribution is -0.160. The summed E-state index contributed by atoms with van der Waals surface area (Å²) in [6.45, 7) is 16.3. The summed E-state index contributed by atoms with van der Waals surface area (Å²) in [6, 6.07) is 6.34. The van der Waals surface area contributed by atoms with E-state index < -0.39 is 89.0 Å². The number of benzene rings is 2. The molecule has 0 aromatic heterocycles. The summed E-state index contributed by atoms with van der Waals surface area (Å²) in [5.41, 5.74) is -0.172. The van der Waals surface area contributed by atoms with E-state index in [1.54, 1.807) is 58.1 Å². The largest absolute Gasteiger partial charge is 0.507 e. The minimum atomic E-state index is -2.97. The van der Waals surface area contributed by atoms with Gasteiger partial charge in [-0.25, -0.2) is 8.78 Å². The van der Waals surface area contributed by atoms with Gasteiger partial charge in [-0.15, -0.1) is 0 Å². The van der Waals surface area contributed by atoms with Crippen molar-refractivity contribution in [3.63, 3.8) is 0 Å². The molecule has 2 aromatic carbocycles. The number of halogens is 2. The number of alkyl halides is 2. The first-order chi connectivity index (χ1) is 32.5. The highest BCUT2D eigenvalue weighted by atomic mass is 19.3. The Kier molecular flexibility index (Phi) is 16.2. The van der Waals surface area contributed by atoms with Gasteiger partial charge in [-0.1, -0.05) is 63.2 Å². The van der Waals surface area contributed by atoms with E-state index in [2.05, 4.69) is 15.4 Å². The van der Waals surface area contributed by atoms with Crippen molar-refractivity contribution in [1.82, 2.24) is 10.2 Å². The fourth-order valence-corrected chi connectivity index (χ4v) is 9.25. The number of hydrogen-bond acceptors (Lipinski definition) is 15. The third-order valence-electron chi connectivity index (χ3n) is 13.6. The Bertz CT molecular complexity index is 2460. The molecule has 0 unspecified atom stereocenters. The number of anilines is 1. The van der Waals surface area contributed by atoms with Crippen LogP contribution in [0.15, 0.2) is 77.3 Å². The number of carbonyl (C=O) groups is 4. The van der Waals surface area contributed by atoms with Crippen LogP contribution in [0, 0.1) is 30.6 Å². The Morgan fingerprint density at radius 3 is 2.33 bits per heavy atom. The van der Waals surface area contributed by atoms with E-state index in [0.29, 0.717) is 38.4 Å². The van der Waals surface area contributed by atoms with E-state index in [9.17, 15) is 43.3 Å². The first-order valence-electron chi connectivity index (χ1n) is 23.1. The van der Waals surface area contributed by atoms with E-state index in [1.165, 1.54) is 59.3 Å². The normalized spacial score (nSPS) is 30.7. The maximum Gasteiger partial charge on any atom is 0.302 e. The highest BCUT2D eigenvalue weighted by molar-refractivity contribution is 6.31. The summed E-state index contributed by atoms with van der Waals surface area (Å²) in [5, 5.41) is 41.5. The fourth-order valence-electron chi connectivity index (χ4n) is 9.25. The van der Waals surface area contributed by atoms with Crippen LogP contribution in [0.4, 0.5) is 14.5 Å². The molecule has 9 atom stereocenters. The Morgan fingerprint density at radius 1 is 0.986 bits per heavy atom. The number of aromatic hydroxyl groups is 1. The van der Waals surface area contributed by atoms with Gasteiger partial charge in [0.05, 0.1) is 47.0 Å². The molecule has 0 spiro atoms. The second-order valence-corrected chi connectivity index (χ2v) is 18.6. The zero-order valence-corrected chi connectivity index (χ0v) is 40.7. The summed E-state index contributed by atoms with van der Waals surface area (Å²) in [5.74, 6) is -10.8. The Balaban J connectivity index is 1.35. The number of aliphatic hydroxyl groups excluding tert-OH is 2. The first-order valence-corrected chi connectivity index (χ1v) is 23.1. The number of allylic oxidation sites excluding steroid dienone is 4. The van der Waals surface area contributed by atoms with Crippen molar-refractivity contribution < 1.29 is 67.1 Å². The highest BCUT2D eigenvalue weighted by Gasteiger charge is 2.51. The van der Waals surface area contributed by atoms with Gasteiger partial charge in [-0.05, 0) is 32.1 Å². The summed E-state index contributed by atoms with van der Waals surface area (Å²) in [4.78, 5) is 64.5. The van der Waals surface area contributed by atoms with Crippen molar-refractivity contribution in [2.45, 2.75) is 98.4 Å². The van der Waals surface area contributed by atoms with Crippen LogP contribution >= 0.6 is 0 Å². The average Bonchev–Trinajstić information content (AvgIpc) is 3.60. The Morgan fingerprint density at radius 2 is 1.68 bits per heavy atom. The van der Waals surface area contributed by atoms with Crippen LogP contribution in [0.5, 0.6) is 11.5 Å². The molecule has 374 valence electrons. The molecule has 16 nitrogen and oxygen atoms in total. The second kappa shape index (κ2) is 21.4. The number of phenols is 1. The minimum absolute atomic E-state index is 0.0106. The Hall–Kier alpha value is -5.95. The lowest BCUT2D eigenvalue weighted by Gasteiger charge is -2.38. The van der Waals surface area contributed by atoms with Gasteiger partial charge in [-0.3, -0.25) is 24.1 Å². The van der Waals surface area contributed by atoms with E-state index >= 15 is 0 Å². The van der Waals surface area contributed by atoms with Gasteiger partial charge in [0.15, 0.2) is 11.5 Å². The summed E-state index contributed by atoms with van der Waals surface area (Å²) < 4.78 is 52.5. The first kappa shape index (κ1) is 52.4. The number of nitrogens with one attached hydrogen (secondary N) is 1. The maximum atomic E-state index is 14.2. The van der Waals surface area contributed by atoms with Gasteiger partial charge in [-0.2, -0.15) is 0 Å². The lowest BCUT2D eigenvalue weighted by Crippen LogP contribution is -2.47. The number of fused-ring (bicyclic) bond motifs is 14. The molecule has 18 heteroatoms. The van der Waals surface area contributed by atoms with Gasteiger partial charge in [0.25, 0.3) is 17.6 Å². The molecule has 5 aliphatic rings. The minimum Gasteiger partial charge on any atom is -0.507 e. The number of oxime groups is 1. The van der Waals surface area contributed by atoms with E-state index in [-0.39, 0.29) is 57.2 Å². The predicted molar refractivity (Wildman–Crippen MR) is 252 cm³/mol. The molecule has 4 N–H and O–H groups in total. The number of ether oxygens (including phenoxy) is 4. The third kappa shape index (κ3) is 11.2. The second-order valence-electron chi connectivity index (χ2n) is 18.6. The number of phenolic OH excluding ortho intramolecular Hbond substituents is 1. The van der Waals surface area contributed by atoms with Gasteiger partial charge in [0, 0.05) is 113 Å². The van der Waals surface area contributed by atoms with Crippen LogP contribution in [0.2, 0.25) is 0 Å². The Labute approximate surface area is 401 Å². The SMILES string of the molecule is CO[C@H]1/C=C/O[C@@]2(C)Oc3c(C)c(O)c4c(c3/C2=N\OCCN2CCN(c3cccc(C(C)(F)F)c3)CC2)C(=O)C=C(NC(=O)/C(C)=C\C=C\[C@H](C)[C@H](O)[C@@H](C)[C@@H](O)[C@@H](C)[C@H](OC(C)=O)[C@@H]1C)C4=O. The van der Waals surface area contributed by atoms with Crippen LogP contribution in [0.25, 0.3) is 0 Å². The molecule has 0 saturated carbocycles. The van der Waals surface area contributed by atoms with E-state index in [0.717, 1.165) is 13.0 Å². The van der Waals surface area contributed by atoms with Crippen LogP contribution < -0.4 is 15.0 Å². The van der Waals surface area contributed by atoms with Crippen LogP contribution in [0.3, 0.4) is 0 Å². The van der Waals surface area contributed by atoms with Gasteiger partial charge in [0.2, 0.25) is 5.78 Å². The summed E-state index contributed by atoms with van der Waals surface area (Å²) in [7, 11) is 1.45. The fraction of sp³-hybridized carbons (Fsp3) is 0.510. The van der Waals surface area contributed by atoms with Crippen LogP contribution in [-0.2, 0) is 34.6 Å². The smallest absolute Gasteiger partial charge is 0.302 e. The lowest BCUT2D eigenvalue weighted by atomic mass is 9.78. The molecule has 7 rings (SSSR count). The summed E-state index contributed by atoms with van der Waals surface area (Å²) in [6.07, 6.45) is 4.53. The van der Waals surface area contributed by atoms with Crippen molar-refractivity contribution in [2.75, 3.05) is 51.3 Å². The molecule has 69 heavy (non-hydrogen) atoms. The predicted octanol–water partition coefficient (Wildman–Crippen LogP) is 6.10. The number of amides is 1. The van der Waals surface area contributed by atoms with Gasteiger partial charge < -0.3 is 49.3 Å². The molecule has 4 aliphatic heterocycles. The molecule has 0 radical (unpaired) electrons. The van der Waals surface area contributed by atoms with Crippen molar-refractivity contribution >= 4 is 34.8 Å². The van der Waals surface area contributed by atoms with Crippen molar-refractivity contribution in [2.24, 2.45) is 28.8 Å². The standard InChI is InChI=1S/C51H64F2N4O12/c1-27-13-11-14-28(2)49(64)54-36-26-37(59)39-40(45(36)63)44(62)32(6)47-41(39)48(55-67-24-22-56-18-20-57(21-19-56)35-16-12-15-34(25-35)50(8,52)53)51(9,69-47)66-23-17-38(65-10)29(3)46(68-33(7)58)31(5)43(61)30(4)42(27)60/h11-17,23,25-27,29-31,38,42-43,46,60-62H,18-22,24H2,1-10H3,(H,54,64)/b13-11+,23-17+,28-14-,55-48+/t27-,29+,30+,31+,38-,42-,43+,46+,51-/m0/s1. The summed E-state index contributed by atoms with van der Waals surface area (Å²) >= 11 is 0. The van der Waals surface area contributed by atoms with Crippen molar-refractivity contribution in [1.29, 1.82) is 0 Å². The van der Waals surface area contributed by atoms with Crippen LogP contribution in [-0.4, -0.2) is 126 Å². The van der Waals surface area contributed by atoms with Crippen molar-refractivity contribution in [3.8, 4) is 11.5 Å². The average molecular weight is 963 g/mol. The number of aliphatic hydroxyl groups is 2. The number of ketones is 2. The third-order valence-corrected chi connectivity index (χ3v) is 13.6. The monoisotopic (exact) mass is 962 g/mol. The molecular formula is C51H64F2N4O12. The number of hydrogen-bond donors (Lipinski definition) is 4. The van der Waals surface area contributed by atoms with E-state index in [1.807, 2.05) is 4.90 Å². The van der Waals surface area contributed by atoms with Gasteiger partial charge >= 0.3 is 5.97 Å². The molecule has 1 saturated heterocycles. The molecule has 4 heterocycles. The molecular weight excluding hydrogens is 899 g/mol. The molecule has 5 bridgehead atoms. The van der Waals surface area contributed by atoms with Crippen LogP contribution in [0.1, 0.15) is 92.8 Å². The number of carbonyl (C=O) groups excluding carboxylic acids is 4. The van der Waals surface area contributed by atoms with Crippen molar-refractivity contribution in [3.05, 3.63) is 100.0 Å². The molecule has 1 aliphatic carbocycles. The number of methoxy groups -OCH3 is 1. The number of Topliss-reactive ketones (excluding diaryl/α,β-unsaturated/α-hetero) is 1. The number of rotatable bonds is 8. The van der Waals surface area contributed by atoms with Gasteiger partial charge in [0.1, 0.15) is 24.2 Å². The number of esters is 1. The molecule has 2 aromatic rings. The molecule has 1 amide bonds. The quantitative estimate of drug-likeness (QED) is 0.134.